The van der Waals surface area contributed by atoms with Gasteiger partial charge in [0.15, 0.2) is 0 Å². The van der Waals surface area contributed by atoms with E-state index in [0.717, 1.165) is 12.1 Å². The van der Waals surface area contributed by atoms with E-state index in [2.05, 4.69) is 20.8 Å². The van der Waals surface area contributed by atoms with E-state index in [0.29, 0.717) is 37.3 Å². The van der Waals surface area contributed by atoms with Crippen molar-refractivity contribution in [2.75, 3.05) is 26.7 Å². The van der Waals surface area contributed by atoms with E-state index in [1.54, 1.807) is 17.0 Å². The average molecular weight is 467 g/mol. The molecule has 0 saturated carbocycles. The van der Waals surface area contributed by atoms with E-state index in [4.69, 9.17) is 4.74 Å². The molecule has 1 fully saturated rings. The van der Waals surface area contributed by atoms with Crippen LogP contribution < -0.4 is 4.74 Å². The third-order valence-corrected chi connectivity index (χ3v) is 5.47. The molecule has 0 atom stereocenters. The van der Waals surface area contributed by atoms with Crippen molar-refractivity contribution < 1.29 is 27.1 Å². The molecule has 1 aliphatic heterocycles. The number of carbonyl (C=O) groups excluding carboxylic acids is 1. The first-order valence-corrected chi connectivity index (χ1v) is 10.9. The van der Waals surface area contributed by atoms with Crippen molar-refractivity contribution in [1.29, 1.82) is 0 Å². The van der Waals surface area contributed by atoms with Crippen LogP contribution in [0.15, 0.2) is 42.5 Å². The Kier molecular flexibility index (Phi) is 7.36. The number of hydrogen-bond acceptors (Lipinski definition) is 3. The number of halogens is 4. The monoisotopic (exact) mass is 466 g/mol. The number of ether oxygens (including phenoxy) is 1. The molecule has 0 aliphatic carbocycles. The highest BCUT2D eigenvalue weighted by Gasteiger charge is 2.35. The van der Waals surface area contributed by atoms with E-state index in [9.17, 15) is 22.4 Å². The molecule has 8 heteroatoms. The summed E-state index contributed by atoms with van der Waals surface area (Å²) in [6.45, 7) is 8.38. The Labute approximate surface area is 192 Å². The summed E-state index contributed by atoms with van der Waals surface area (Å²) in [6, 6.07) is 9.31. The van der Waals surface area contributed by atoms with Crippen LogP contribution in [0.2, 0.25) is 0 Å². The van der Waals surface area contributed by atoms with Gasteiger partial charge < -0.3 is 9.64 Å². The van der Waals surface area contributed by atoms with Gasteiger partial charge in [-0.05, 0) is 29.2 Å². The van der Waals surface area contributed by atoms with Gasteiger partial charge in [-0.15, -0.1) is 0 Å². The van der Waals surface area contributed by atoms with Crippen molar-refractivity contribution in [2.45, 2.75) is 40.1 Å². The summed E-state index contributed by atoms with van der Waals surface area (Å²) in [5.41, 5.74) is 0.112. The zero-order valence-corrected chi connectivity index (χ0v) is 19.4. The fraction of sp³-hybridized carbons (Fsp3) is 0.480. The molecular weight excluding hydrogens is 436 g/mol. The number of likely N-dealkylation sites (tertiary alicyclic amines) is 1. The van der Waals surface area contributed by atoms with E-state index in [1.165, 1.54) is 18.2 Å². The van der Waals surface area contributed by atoms with Gasteiger partial charge in [-0.25, -0.2) is 4.39 Å². The van der Waals surface area contributed by atoms with Crippen molar-refractivity contribution in [3.63, 3.8) is 0 Å². The van der Waals surface area contributed by atoms with Gasteiger partial charge in [0.1, 0.15) is 18.2 Å². The van der Waals surface area contributed by atoms with Gasteiger partial charge >= 0.3 is 6.18 Å². The Bertz CT molecular complexity index is 979. The predicted molar refractivity (Wildman–Crippen MR) is 118 cm³/mol. The Balaban J connectivity index is 1.50. The highest BCUT2D eigenvalue weighted by molar-refractivity contribution is 5.80. The summed E-state index contributed by atoms with van der Waals surface area (Å²) in [6.07, 6.45) is -4.42. The highest BCUT2D eigenvalue weighted by atomic mass is 19.4. The first-order chi connectivity index (χ1) is 15.3. The van der Waals surface area contributed by atoms with Gasteiger partial charge in [-0.1, -0.05) is 39.0 Å². The smallest absolute Gasteiger partial charge is 0.416 e. The van der Waals surface area contributed by atoms with E-state index in [-0.39, 0.29) is 29.6 Å². The summed E-state index contributed by atoms with van der Waals surface area (Å²) < 4.78 is 58.5. The number of nitrogens with zero attached hydrogens (tertiary/aromatic N) is 2. The van der Waals surface area contributed by atoms with Crippen LogP contribution in [0.25, 0.3) is 0 Å². The van der Waals surface area contributed by atoms with Crippen LogP contribution in [-0.4, -0.2) is 42.4 Å². The molecule has 1 heterocycles. The quantitative estimate of drug-likeness (QED) is 0.515. The summed E-state index contributed by atoms with van der Waals surface area (Å²) >= 11 is 0. The third-order valence-electron chi connectivity index (χ3n) is 5.47. The predicted octanol–water partition coefficient (Wildman–Crippen LogP) is 5.36. The standard InChI is InChI=1S/C25H30F4N2O2/c1-24(2,3)16-30(4)23(32)19-13-31(14-19)12-18-8-9-21(11-22(18)26)33-15-17-6-5-7-20(10-17)25(27,28)29/h5-11,19H,12-16H2,1-4H3. The lowest BCUT2D eigenvalue weighted by atomic mass is 9.93. The molecule has 1 aliphatic rings. The van der Waals surface area contributed by atoms with Crippen molar-refractivity contribution in [1.82, 2.24) is 9.80 Å². The summed E-state index contributed by atoms with van der Waals surface area (Å²) in [5.74, 6) is -0.166. The summed E-state index contributed by atoms with van der Waals surface area (Å²) in [4.78, 5) is 16.3. The van der Waals surface area contributed by atoms with Gasteiger partial charge in [-0.3, -0.25) is 9.69 Å². The highest BCUT2D eigenvalue weighted by Crippen LogP contribution is 2.30. The van der Waals surface area contributed by atoms with E-state index >= 15 is 0 Å². The molecule has 0 unspecified atom stereocenters. The fourth-order valence-corrected chi connectivity index (χ4v) is 3.95. The van der Waals surface area contributed by atoms with Crippen LogP contribution in [0.3, 0.4) is 0 Å². The van der Waals surface area contributed by atoms with Gasteiger partial charge in [-0.2, -0.15) is 13.2 Å². The molecule has 2 aromatic rings. The molecule has 4 nitrogen and oxygen atoms in total. The minimum atomic E-state index is -4.42. The van der Waals surface area contributed by atoms with Crippen molar-refractivity contribution in [3.8, 4) is 5.75 Å². The van der Waals surface area contributed by atoms with Gasteiger partial charge in [0.25, 0.3) is 0 Å². The Morgan fingerprint density at radius 2 is 1.82 bits per heavy atom. The molecule has 3 rings (SSSR count). The largest absolute Gasteiger partial charge is 0.489 e. The lowest BCUT2D eigenvalue weighted by Crippen LogP contribution is -2.54. The van der Waals surface area contributed by atoms with Crippen LogP contribution in [-0.2, 0) is 24.1 Å². The molecule has 0 aromatic heterocycles. The minimum Gasteiger partial charge on any atom is -0.489 e. The number of hydrogen-bond donors (Lipinski definition) is 0. The maximum atomic E-state index is 14.6. The van der Waals surface area contributed by atoms with Crippen molar-refractivity contribution >= 4 is 5.91 Å². The number of carbonyl (C=O) groups is 1. The third kappa shape index (κ3) is 6.93. The molecule has 0 N–H and O–H groups in total. The minimum absolute atomic E-state index is 0.0297. The molecule has 0 bridgehead atoms. The van der Waals surface area contributed by atoms with Gasteiger partial charge in [0.05, 0.1) is 11.5 Å². The first-order valence-electron chi connectivity index (χ1n) is 10.9. The zero-order valence-electron chi connectivity index (χ0n) is 19.4. The van der Waals surface area contributed by atoms with Crippen LogP contribution in [0.1, 0.15) is 37.5 Å². The Morgan fingerprint density at radius 3 is 2.42 bits per heavy atom. The summed E-state index contributed by atoms with van der Waals surface area (Å²) in [5, 5.41) is 0. The second-order valence-corrected chi connectivity index (χ2v) is 9.89. The van der Waals surface area contributed by atoms with Crippen LogP contribution in [0, 0.1) is 17.2 Å². The normalized spacial score (nSPS) is 15.3. The maximum absolute atomic E-state index is 14.6. The van der Waals surface area contributed by atoms with Crippen LogP contribution in [0.4, 0.5) is 17.6 Å². The van der Waals surface area contributed by atoms with Crippen LogP contribution >= 0.6 is 0 Å². The van der Waals surface area contributed by atoms with Gasteiger partial charge in [0.2, 0.25) is 5.91 Å². The van der Waals surface area contributed by atoms with E-state index < -0.39 is 17.6 Å². The second kappa shape index (κ2) is 9.71. The van der Waals surface area contributed by atoms with E-state index in [1.807, 2.05) is 11.9 Å². The SMILES string of the molecule is CN(CC(C)(C)C)C(=O)C1CN(Cc2ccc(OCc3cccc(C(F)(F)F)c3)cc2F)C1. The molecule has 2 aromatic carbocycles. The Morgan fingerprint density at radius 1 is 1.12 bits per heavy atom. The maximum Gasteiger partial charge on any atom is 0.416 e. The molecule has 1 amide bonds. The summed E-state index contributed by atoms with van der Waals surface area (Å²) in [7, 11) is 1.81. The van der Waals surface area contributed by atoms with Crippen LogP contribution in [0.5, 0.6) is 5.75 Å². The zero-order chi connectivity index (χ0) is 24.4. The number of benzene rings is 2. The lowest BCUT2D eigenvalue weighted by Gasteiger charge is -2.41. The lowest BCUT2D eigenvalue weighted by molar-refractivity contribution is -0.141. The molecule has 0 radical (unpaired) electrons. The van der Waals surface area contributed by atoms with Gasteiger partial charge in [0, 0.05) is 44.9 Å². The van der Waals surface area contributed by atoms with Crippen molar-refractivity contribution in [3.05, 3.63) is 65.0 Å². The first kappa shape index (κ1) is 25.0. The molecule has 180 valence electrons. The molecule has 1 saturated heterocycles. The topological polar surface area (TPSA) is 32.8 Å². The Hall–Kier alpha value is -2.61. The number of alkyl halides is 3. The fourth-order valence-electron chi connectivity index (χ4n) is 3.95. The molecule has 33 heavy (non-hydrogen) atoms. The molecular formula is C25H30F4N2O2. The number of rotatable bonds is 7. The van der Waals surface area contributed by atoms with Crippen molar-refractivity contribution in [2.24, 2.45) is 11.3 Å². The second-order valence-electron chi connectivity index (χ2n) is 9.89. The number of amides is 1. The molecule has 0 spiro atoms. The average Bonchev–Trinajstić information content (AvgIpc) is 2.68.